The number of rotatable bonds is 13. The minimum Gasteiger partial charge on any atom is -0.408 e. The van der Waals surface area contributed by atoms with Crippen molar-refractivity contribution in [3.63, 3.8) is 0 Å². The highest BCUT2D eigenvalue weighted by Crippen LogP contribution is 2.59. The molecule has 2 aliphatic heterocycles. The Hall–Kier alpha value is -5.36. The molecule has 0 aliphatic carbocycles. The molecule has 0 saturated carbocycles. The molecular formula is C71H82O6P2S2. The van der Waals surface area contributed by atoms with E-state index in [9.17, 15) is 0 Å². The molecule has 0 spiro atoms. The molecule has 10 heteroatoms. The molecule has 81 heavy (non-hydrogen) atoms. The Bertz CT molecular complexity index is 3660. The summed E-state index contributed by atoms with van der Waals surface area (Å²) in [5.74, 6) is 4.10. The summed E-state index contributed by atoms with van der Waals surface area (Å²) in [6.07, 6.45) is 4.04. The van der Waals surface area contributed by atoms with E-state index in [1.54, 1.807) is 23.5 Å². The highest BCUT2D eigenvalue weighted by Gasteiger charge is 2.37. The van der Waals surface area contributed by atoms with E-state index in [0.717, 1.165) is 101 Å². The first-order valence-corrected chi connectivity index (χ1v) is 32.6. The van der Waals surface area contributed by atoms with Gasteiger partial charge in [0.1, 0.15) is 34.5 Å². The van der Waals surface area contributed by atoms with Crippen LogP contribution in [0.25, 0.3) is 32.7 Å². The van der Waals surface area contributed by atoms with E-state index in [2.05, 4.69) is 251 Å². The molecule has 0 saturated heterocycles. The van der Waals surface area contributed by atoms with Crippen LogP contribution in [-0.2, 0) is 21.7 Å². The molecule has 8 aromatic rings. The smallest absolute Gasteiger partial charge is 0.408 e. The van der Waals surface area contributed by atoms with Crippen LogP contribution < -0.4 is 27.1 Å². The Balaban J connectivity index is 1.11. The number of benzene rings is 8. The third kappa shape index (κ3) is 12.8. The van der Waals surface area contributed by atoms with Gasteiger partial charge in [-0.25, -0.2) is 0 Å². The molecule has 10 rings (SSSR count). The number of hydrogen-bond acceptors (Lipinski definition) is 8. The summed E-state index contributed by atoms with van der Waals surface area (Å²) in [7, 11) is -4.21. The topological polar surface area (TPSA) is 55.4 Å². The lowest BCUT2D eigenvalue weighted by atomic mass is 9.72. The van der Waals surface area contributed by atoms with Gasteiger partial charge in [0, 0.05) is 11.1 Å². The van der Waals surface area contributed by atoms with Crippen LogP contribution in [0, 0.1) is 17.8 Å². The van der Waals surface area contributed by atoms with E-state index < -0.39 is 17.2 Å². The summed E-state index contributed by atoms with van der Waals surface area (Å²) in [5.41, 5.74) is 7.82. The van der Waals surface area contributed by atoms with Crippen LogP contribution >= 0.6 is 40.7 Å². The standard InChI is InChI=1S/C71H82O6P2S2/c1-18-68(10,11)48-30-35-54-59(39-48)80-60-41-50(70(14,15)43-66(4,5)6)32-37-55(60)73-78(72-54)75-57-33-28-46-24-20-22-26-52(46)63(57)64-53-27-23-21-25-47(53)29-34-58(64)76-79-74-56-36-31-49(69(12,13)19-2)40-61(56)81-62-42-51(38-45(3)65(62)77-79)71(16,17)44-67(7,8)9/h20-42H,18-19,43-44H2,1-17H3. The van der Waals surface area contributed by atoms with Gasteiger partial charge in [0.05, 0.1) is 19.6 Å². The summed E-state index contributed by atoms with van der Waals surface area (Å²) in [6.45, 7) is 39.2. The molecule has 8 aromatic carbocycles. The maximum Gasteiger partial charge on any atom is 0.530 e. The van der Waals surface area contributed by atoms with Crippen LogP contribution in [0.3, 0.4) is 0 Å². The van der Waals surface area contributed by atoms with Crippen LogP contribution in [0.4, 0.5) is 0 Å². The van der Waals surface area contributed by atoms with E-state index in [4.69, 9.17) is 27.1 Å². The molecule has 2 heterocycles. The molecule has 424 valence electrons. The molecular weight excluding hydrogens is 1070 g/mol. The number of fused-ring (bicyclic) bond motifs is 6. The van der Waals surface area contributed by atoms with Crippen LogP contribution in [0.5, 0.6) is 34.5 Å². The van der Waals surface area contributed by atoms with Gasteiger partial charge in [-0.2, -0.15) is 0 Å². The van der Waals surface area contributed by atoms with Gasteiger partial charge in [0.25, 0.3) is 0 Å². The monoisotopic (exact) mass is 1160 g/mol. The molecule has 0 N–H and O–H groups in total. The van der Waals surface area contributed by atoms with Gasteiger partial charge >= 0.3 is 17.2 Å². The van der Waals surface area contributed by atoms with Gasteiger partial charge in [0.2, 0.25) is 0 Å². The van der Waals surface area contributed by atoms with Crippen molar-refractivity contribution in [1.29, 1.82) is 0 Å². The third-order valence-corrected chi connectivity index (χ3v) is 20.6. The van der Waals surface area contributed by atoms with Gasteiger partial charge in [-0.3, -0.25) is 0 Å². The van der Waals surface area contributed by atoms with Crippen molar-refractivity contribution >= 4 is 62.3 Å². The van der Waals surface area contributed by atoms with Gasteiger partial charge in [0.15, 0.2) is 0 Å². The quantitative estimate of drug-likeness (QED) is 0.106. The maximum absolute atomic E-state index is 7.37. The van der Waals surface area contributed by atoms with Crippen molar-refractivity contribution in [1.82, 2.24) is 0 Å². The van der Waals surface area contributed by atoms with Crippen molar-refractivity contribution in [2.75, 3.05) is 0 Å². The minimum absolute atomic E-state index is 0.0345. The Kier molecular flexibility index (Phi) is 16.2. The zero-order valence-corrected chi connectivity index (χ0v) is 54.2. The predicted molar refractivity (Wildman–Crippen MR) is 344 cm³/mol. The van der Waals surface area contributed by atoms with Crippen molar-refractivity contribution in [2.45, 2.75) is 185 Å². The molecule has 0 aromatic heterocycles. The zero-order valence-electron chi connectivity index (χ0n) is 50.8. The van der Waals surface area contributed by atoms with Gasteiger partial charge in [-0.1, -0.05) is 219 Å². The maximum atomic E-state index is 7.37. The minimum atomic E-state index is -2.11. The molecule has 2 aliphatic rings. The molecule has 2 atom stereocenters. The summed E-state index contributed by atoms with van der Waals surface area (Å²) in [4.78, 5) is 4.12. The largest absolute Gasteiger partial charge is 0.530 e. The average Bonchev–Trinajstić information content (AvgIpc) is 3.50. The van der Waals surface area contributed by atoms with E-state index in [0.29, 0.717) is 17.2 Å². The molecule has 0 amide bonds. The fourth-order valence-corrected chi connectivity index (χ4v) is 16.4. The van der Waals surface area contributed by atoms with Crippen LogP contribution in [0.15, 0.2) is 159 Å². The van der Waals surface area contributed by atoms with E-state index in [1.807, 2.05) is 6.07 Å². The summed E-state index contributed by atoms with van der Waals surface area (Å²) < 4.78 is 43.0. The normalized spacial score (nSPS) is 16.0. The van der Waals surface area contributed by atoms with Gasteiger partial charge in [-0.05, 0) is 169 Å². The molecule has 0 bridgehead atoms. The lowest BCUT2D eigenvalue weighted by molar-refractivity contribution is 0.283. The lowest BCUT2D eigenvalue weighted by Gasteiger charge is -2.34. The van der Waals surface area contributed by atoms with Crippen molar-refractivity contribution in [3.8, 4) is 45.6 Å². The van der Waals surface area contributed by atoms with Crippen LogP contribution in [0.2, 0.25) is 0 Å². The molecule has 2 unspecified atom stereocenters. The second-order valence-electron chi connectivity index (χ2n) is 27.3. The first-order valence-electron chi connectivity index (χ1n) is 28.8. The Labute approximate surface area is 494 Å². The molecule has 0 fully saturated rings. The first kappa shape index (κ1) is 58.8. The van der Waals surface area contributed by atoms with Crippen molar-refractivity contribution in [2.24, 2.45) is 10.8 Å². The molecule has 0 radical (unpaired) electrons. The summed E-state index contributed by atoms with van der Waals surface area (Å²) in [6, 6.07) is 49.7. The summed E-state index contributed by atoms with van der Waals surface area (Å²) >= 11 is 3.42. The second kappa shape index (κ2) is 22.3. The zero-order chi connectivity index (χ0) is 58.0. The average molecular weight is 1160 g/mol. The first-order chi connectivity index (χ1) is 38.1. The van der Waals surface area contributed by atoms with E-state index in [1.165, 1.54) is 22.3 Å². The van der Waals surface area contributed by atoms with Gasteiger partial charge < -0.3 is 27.1 Å². The third-order valence-electron chi connectivity index (χ3n) is 16.4. The fourth-order valence-electron chi connectivity index (χ4n) is 11.8. The highest BCUT2D eigenvalue weighted by molar-refractivity contribution is 7.99. The van der Waals surface area contributed by atoms with Crippen LogP contribution in [0.1, 0.15) is 164 Å². The Morgan fingerprint density at radius 1 is 0.395 bits per heavy atom. The second-order valence-corrected chi connectivity index (χ2v) is 31.5. The lowest BCUT2D eigenvalue weighted by Crippen LogP contribution is -2.25. The Morgan fingerprint density at radius 3 is 1.19 bits per heavy atom. The Morgan fingerprint density at radius 2 is 0.765 bits per heavy atom. The van der Waals surface area contributed by atoms with Crippen molar-refractivity contribution < 1.29 is 27.1 Å². The van der Waals surface area contributed by atoms with Crippen molar-refractivity contribution in [3.05, 3.63) is 167 Å². The number of aryl methyl sites for hydroxylation is 1. The number of hydrogen-bond donors (Lipinski definition) is 0. The molecule has 6 nitrogen and oxygen atoms in total. The predicted octanol–water partition coefficient (Wildman–Crippen LogP) is 23.2. The van der Waals surface area contributed by atoms with Gasteiger partial charge in [-0.15, -0.1) is 0 Å². The van der Waals surface area contributed by atoms with E-state index >= 15 is 0 Å². The highest BCUT2D eigenvalue weighted by atomic mass is 32.2. The SMILES string of the molecule is CCC(C)(C)c1ccc2c(c1)Sc1cc(C(C)(C)CC(C)(C)C)ccc1OP(Oc1ccc3ccccc3c1-c1c(OP3Oc4ccc(C(C)(C)CC)cc4Sc4cc(C(C)(C)CC(C)(C)C)cc(C)c4O3)ccc3ccccc13)O2. The van der Waals surface area contributed by atoms with Crippen LogP contribution in [-0.4, -0.2) is 0 Å². The van der Waals surface area contributed by atoms with E-state index in [-0.39, 0.29) is 32.5 Å². The fraction of sp³-hybridized carbons (Fsp3) is 0.380. The summed E-state index contributed by atoms with van der Waals surface area (Å²) in [5, 5.41) is 4.06.